The van der Waals surface area contributed by atoms with E-state index in [0.29, 0.717) is 57.0 Å². The molecule has 2 aliphatic rings. The molecule has 9 heteroatoms. The van der Waals surface area contributed by atoms with E-state index < -0.39 is 11.7 Å². The number of carbonyl (C=O) groups excluding carboxylic acids is 1. The third-order valence-electron chi connectivity index (χ3n) is 6.20. The maximum atomic E-state index is 13.3. The van der Waals surface area contributed by atoms with Gasteiger partial charge in [0.05, 0.1) is 5.56 Å². The van der Waals surface area contributed by atoms with E-state index in [0.717, 1.165) is 41.8 Å². The van der Waals surface area contributed by atoms with Crippen LogP contribution in [0.5, 0.6) is 0 Å². The van der Waals surface area contributed by atoms with Crippen LogP contribution in [0, 0.1) is 0 Å². The number of aryl methyl sites for hydroxylation is 1. The molecule has 1 saturated carbocycles. The molecule has 2 aromatic rings. The summed E-state index contributed by atoms with van der Waals surface area (Å²) in [6.07, 6.45) is -1.22. The minimum Gasteiger partial charge on any atom is -0.353 e. The molecule has 178 valence electrons. The predicted octanol–water partition coefficient (Wildman–Crippen LogP) is 4.38. The van der Waals surface area contributed by atoms with Crippen molar-refractivity contribution in [1.29, 1.82) is 0 Å². The van der Waals surface area contributed by atoms with Gasteiger partial charge in [-0.25, -0.2) is 14.8 Å². The van der Waals surface area contributed by atoms with Gasteiger partial charge in [0, 0.05) is 56.3 Å². The summed E-state index contributed by atoms with van der Waals surface area (Å²) in [7, 11) is 0. The number of urea groups is 1. The van der Waals surface area contributed by atoms with Crippen molar-refractivity contribution in [2.45, 2.75) is 51.6 Å². The van der Waals surface area contributed by atoms with Gasteiger partial charge in [-0.15, -0.1) is 0 Å². The standard InChI is InChI=1S/C24H30F3N5O/c1-3-20-19(15-16-6-5-7-18(14-16)24(25,26)27)22(30-21(29-20)17-8-9-17)31-10-12-32(13-11-31)23(33)28-4-2/h5-7,14,17H,3-4,8-13,15H2,1-2H3,(H,28,33). The zero-order chi connectivity index (χ0) is 23.6. The number of rotatable bonds is 6. The van der Waals surface area contributed by atoms with E-state index in [-0.39, 0.29) is 6.03 Å². The first-order chi connectivity index (χ1) is 15.8. The Balaban J connectivity index is 1.65. The van der Waals surface area contributed by atoms with Gasteiger partial charge in [0.2, 0.25) is 0 Å². The SMILES string of the molecule is CCNC(=O)N1CCN(c2nc(C3CC3)nc(CC)c2Cc2cccc(C(F)(F)F)c2)CC1. The van der Waals surface area contributed by atoms with Gasteiger partial charge in [0.25, 0.3) is 0 Å². The van der Waals surface area contributed by atoms with Crippen molar-refractivity contribution < 1.29 is 18.0 Å². The number of anilines is 1. The van der Waals surface area contributed by atoms with E-state index in [4.69, 9.17) is 9.97 Å². The number of aromatic nitrogens is 2. The number of carbonyl (C=O) groups is 1. The summed E-state index contributed by atoms with van der Waals surface area (Å²) in [6, 6.07) is 5.41. The zero-order valence-electron chi connectivity index (χ0n) is 19.1. The van der Waals surface area contributed by atoms with Crippen molar-refractivity contribution in [3.8, 4) is 0 Å². The Kier molecular flexibility index (Phi) is 6.76. The van der Waals surface area contributed by atoms with Crippen molar-refractivity contribution in [1.82, 2.24) is 20.2 Å². The first-order valence-electron chi connectivity index (χ1n) is 11.6. The summed E-state index contributed by atoms with van der Waals surface area (Å²) in [6.45, 7) is 6.87. The lowest BCUT2D eigenvalue weighted by Gasteiger charge is -2.36. The molecule has 0 bridgehead atoms. The monoisotopic (exact) mass is 461 g/mol. The lowest BCUT2D eigenvalue weighted by molar-refractivity contribution is -0.137. The molecule has 1 N–H and O–H groups in total. The fourth-order valence-corrected chi connectivity index (χ4v) is 4.24. The average molecular weight is 462 g/mol. The van der Waals surface area contributed by atoms with E-state index in [2.05, 4.69) is 10.2 Å². The quantitative estimate of drug-likeness (QED) is 0.694. The van der Waals surface area contributed by atoms with Crippen molar-refractivity contribution in [3.05, 3.63) is 52.5 Å². The number of hydrogen-bond donors (Lipinski definition) is 1. The fraction of sp³-hybridized carbons (Fsp3) is 0.542. The second-order valence-corrected chi connectivity index (χ2v) is 8.64. The first kappa shape index (κ1) is 23.3. The van der Waals surface area contributed by atoms with Gasteiger partial charge in [-0.05, 0) is 37.8 Å². The van der Waals surface area contributed by atoms with Crippen LogP contribution in [0.25, 0.3) is 0 Å². The molecule has 1 saturated heterocycles. The number of benzene rings is 1. The zero-order valence-corrected chi connectivity index (χ0v) is 19.1. The molecule has 2 heterocycles. The normalized spacial score (nSPS) is 16.8. The maximum absolute atomic E-state index is 13.3. The van der Waals surface area contributed by atoms with Gasteiger partial charge in [-0.2, -0.15) is 13.2 Å². The molecule has 1 aliphatic heterocycles. The molecule has 0 unspecified atom stereocenters. The van der Waals surface area contributed by atoms with Gasteiger partial charge < -0.3 is 15.1 Å². The second-order valence-electron chi connectivity index (χ2n) is 8.64. The fourth-order valence-electron chi connectivity index (χ4n) is 4.24. The number of alkyl halides is 3. The van der Waals surface area contributed by atoms with Crippen LogP contribution in [0.2, 0.25) is 0 Å². The topological polar surface area (TPSA) is 61.4 Å². The van der Waals surface area contributed by atoms with Crippen LogP contribution in [-0.2, 0) is 19.0 Å². The highest BCUT2D eigenvalue weighted by molar-refractivity contribution is 5.74. The summed E-state index contributed by atoms with van der Waals surface area (Å²) < 4.78 is 39.8. The Morgan fingerprint density at radius 1 is 1.12 bits per heavy atom. The third-order valence-corrected chi connectivity index (χ3v) is 6.20. The molecular formula is C24H30F3N5O. The number of nitrogens with zero attached hydrogens (tertiary/aromatic N) is 4. The number of halogens is 3. The molecule has 2 fully saturated rings. The molecule has 0 atom stereocenters. The summed E-state index contributed by atoms with van der Waals surface area (Å²) in [5.41, 5.74) is 1.72. The largest absolute Gasteiger partial charge is 0.416 e. The smallest absolute Gasteiger partial charge is 0.353 e. The van der Waals surface area contributed by atoms with Crippen LogP contribution in [0.4, 0.5) is 23.8 Å². The number of piperazine rings is 1. The summed E-state index contributed by atoms with van der Waals surface area (Å²) in [4.78, 5) is 25.9. The summed E-state index contributed by atoms with van der Waals surface area (Å²) in [5, 5.41) is 2.83. The second kappa shape index (κ2) is 9.57. The molecule has 2 amide bonds. The Bertz CT molecular complexity index is 998. The Labute approximate surface area is 192 Å². The van der Waals surface area contributed by atoms with Crippen molar-refractivity contribution in [2.75, 3.05) is 37.6 Å². The lowest BCUT2D eigenvalue weighted by Crippen LogP contribution is -2.52. The summed E-state index contributed by atoms with van der Waals surface area (Å²) >= 11 is 0. The number of amides is 2. The van der Waals surface area contributed by atoms with E-state index >= 15 is 0 Å². The Hall–Kier alpha value is -2.84. The molecule has 6 nitrogen and oxygen atoms in total. The van der Waals surface area contributed by atoms with Crippen LogP contribution < -0.4 is 10.2 Å². The van der Waals surface area contributed by atoms with Gasteiger partial charge in [-0.3, -0.25) is 0 Å². The van der Waals surface area contributed by atoms with Crippen molar-refractivity contribution in [3.63, 3.8) is 0 Å². The van der Waals surface area contributed by atoms with Gasteiger partial charge >= 0.3 is 12.2 Å². The highest BCUT2D eigenvalue weighted by atomic mass is 19.4. The van der Waals surface area contributed by atoms with Crippen LogP contribution >= 0.6 is 0 Å². The highest BCUT2D eigenvalue weighted by Crippen LogP contribution is 2.40. The number of nitrogens with one attached hydrogen (secondary N) is 1. The number of hydrogen-bond acceptors (Lipinski definition) is 4. The van der Waals surface area contributed by atoms with E-state index in [1.807, 2.05) is 13.8 Å². The third kappa shape index (κ3) is 5.39. The molecule has 1 aromatic heterocycles. The van der Waals surface area contributed by atoms with Gasteiger partial charge in [0.1, 0.15) is 11.6 Å². The van der Waals surface area contributed by atoms with Crippen LogP contribution in [0.15, 0.2) is 24.3 Å². The van der Waals surface area contributed by atoms with Crippen LogP contribution in [0.3, 0.4) is 0 Å². The van der Waals surface area contributed by atoms with E-state index in [9.17, 15) is 18.0 Å². The molecule has 4 rings (SSSR count). The van der Waals surface area contributed by atoms with Crippen LogP contribution in [-0.4, -0.2) is 53.6 Å². The minimum atomic E-state index is -4.38. The summed E-state index contributed by atoms with van der Waals surface area (Å²) in [5.74, 6) is 2.01. The lowest BCUT2D eigenvalue weighted by atomic mass is 9.99. The van der Waals surface area contributed by atoms with Crippen molar-refractivity contribution in [2.24, 2.45) is 0 Å². The minimum absolute atomic E-state index is 0.0723. The predicted molar refractivity (Wildman–Crippen MR) is 120 cm³/mol. The van der Waals surface area contributed by atoms with Gasteiger partial charge in [-0.1, -0.05) is 25.1 Å². The molecule has 1 aliphatic carbocycles. The van der Waals surface area contributed by atoms with E-state index in [1.165, 1.54) is 12.1 Å². The molecular weight excluding hydrogens is 431 g/mol. The molecule has 1 aromatic carbocycles. The van der Waals surface area contributed by atoms with Crippen molar-refractivity contribution >= 4 is 11.8 Å². The van der Waals surface area contributed by atoms with E-state index in [1.54, 1.807) is 11.0 Å². The van der Waals surface area contributed by atoms with Gasteiger partial charge in [0.15, 0.2) is 0 Å². The highest BCUT2D eigenvalue weighted by Gasteiger charge is 2.32. The first-order valence-corrected chi connectivity index (χ1v) is 11.6. The Morgan fingerprint density at radius 3 is 2.45 bits per heavy atom. The molecule has 0 spiro atoms. The molecule has 33 heavy (non-hydrogen) atoms. The maximum Gasteiger partial charge on any atom is 0.416 e. The molecule has 0 radical (unpaired) electrons. The Morgan fingerprint density at radius 2 is 1.85 bits per heavy atom. The van der Waals surface area contributed by atoms with Crippen LogP contribution in [0.1, 0.15) is 60.8 Å². The average Bonchev–Trinajstić information content (AvgIpc) is 3.65.